The molecule has 0 radical (unpaired) electrons. The van der Waals surface area contributed by atoms with Crippen molar-refractivity contribution < 1.29 is 9.00 Å². The molecule has 16 heavy (non-hydrogen) atoms. The van der Waals surface area contributed by atoms with Crippen molar-refractivity contribution in [3.05, 3.63) is 29.8 Å². The maximum Gasteiger partial charge on any atom is 0.152 e. The summed E-state index contributed by atoms with van der Waals surface area (Å²) < 4.78 is 11.9. The van der Waals surface area contributed by atoms with Crippen LogP contribution >= 0.6 is 0 Å². The van der Waals surface area contributed by atoms with Gasteiger partial charge in [0.15, 0.2) is 5.78 Å². The average Bonchev–Trinajstić information content (AvgIpc) is 2.94. The van der Waals surface area contributed by atoms with E-state index in [2.05, 4.69) is 0 Å². The smallest absolute Gasteiger partial charge is 0.152 e. The molecule has 3 atom stereocenters. The van der Waals surface area contributed by atoms with Crippen LogP contribution in [0.3, 0.4) is 0 Å². The summed E-state index contributed by atoms with van der Waals surface area (Å²) in [6.07, 6.45) is 2.41. The second-order valence-electron chi connectivity index (χ2n) is 4.83. The number of Topliss-reactive ketones (excluding diaryl/α,β-unsaturated/α-hetero) is 1. The Kier molecular flexibility index (Phi) is 2.08. The Hall–Kier alpha value is -0.960. The van der Waals surface area contributed by atoms with E-state index >= 15 is 0 Å². The molecule has 2 aliphatic rings. The topological polar surface area (TPSA) is 34.1 Å². The van der Waals surface area contributed by atoms with Gasteiger partial charge < -0.3 is 0 Å². The molecule has 0 saturated heterocycles. The van der Waals surface area contributed by atoms with Crippen molar-refractivity contribution in [1.29, 1.82) is 0 Å². The molecule has 0 spiro atoms. The zero-order valence-electron chi connectivity index (χ0n) is 9.23. The monoisotopic (exact) mass is 234 g/mol. The highest BCUT2D eigenvalue weighted by Gasteiger charge is 2.67. The molecular formula is C13H14O2S. The van der Waals surface area contributed by atoms with E-state index in [0.717, 1.165) is 23.3 Å². The number of ketones is 1. The lowest BCUT2D eigenvalue weighted by Gasteiger charge is -2.10. The number of fused-ring (bicyclic) bond motifs is 1. The van der Waals surface area contributed by atoms with Gasteiger partial charge in [-0.3, -0.25) is 9.00 Å². The summed E-state index contributed by atoms with van der Waals surface area (Å²) in [6, 6.07) is 7.70. The summed E-state index contributed by atoms with van der Waals surface area (Å²) in [6.45, 7) is 2.01. The first-order valence-corrected chi connectivity index (χ1v) is 6.81. The maximum absolute atomic E-state index is 12.4. The minimum atomic E-state index is -1.14. The van der Waals surface area contributed by atoms with E-state index in [0.29, 0.717) is 12.3 Å². The fraction of sp³-hybridized carbons (Fsp3) is 0.462. The van der Waals surface area contributed by atoms with Gasteiger partial charge in [0, 0.05) is 11.3 Å². The lowest BCUT2D eigenvalue weighted by molar-refractivity contribution is -0.118. The van der Waals surface area contributed by atoms with E-state index in [1.807, 2.05) is 31.2 Å². The molecule has 2 fully saturated rings. The van der Waals surface area contributed by atoms with Gasteiger partial charge in [0.25, 0.3) is 0 Å². The molecule has 1 aromatic rings. The van der Waals surface area contributed by atoms with Crippen LogP contribution in [0.25, 0.3) is 0 Å². The Balaban J connectivity index is 1.94. The Bertz CT molecular complexity index is 477. The van der Waals surface area contributed by atoms with Crippen molar-refractivity contribution >= 4 is 16.6 Å². The number of benzene rings is 1. The van der Waals surface area contributed by atoms with Gasteiger partial charge in [0.2, 0.25) is 0 Å². The number of hydrogen-bond acceptors (Lipinski definition) is 2. The molecule has 2 saturated carbocycles. The first-order chi connectivity index (χ1) is 7.64. The zero-order chi connectivity index (χ0) is 11.3. The van der Waals surface area contributed by atoms with Crippen molar-refractivity contribution in [3.8, 4) is 0 Å². The van der Waals surface area contributed by atoms with Gasteiger partial charge in [-0.05, 0) is 37.8 Å². The van der Waals surface area contributed by atoms with E-state index in [1.165, 1.54) is 0 Å². The van der Waals surface area contributed by atoms with Crippen molar-refractivity contribution in [2.24, 2.45) is 5.92 Å². The normalized spacial score (nSPS) is 33.6. The minimum absolute atomic E-state index is 0.219. The van der Waals surface area contributed by atoms with Gasteiger partial charge in [-0.15, -0.1) is 0 Å². The fourth-order valence-corrected chi connectivity index (χ4v) is 4.59. The minimum Gasteiger partial charge on any atom is -0.298 e. The van der Waals surface area contributed by atoms with Gasteiger partial charge in [0.05, 0.1) is 10.8 Å². The summed E-state index contributed by atoms with van der Waals surface area (Å²) in [5.41, 5.74) is 1.16. The van der Waals surface area contributed by atoms with Crippen LogP contribution in [-0.4, -0.2) is 14.7 Å². The van der Waals surface area contributed by atoms with Crippen LogP contribution in [0.1, 0.15) is 24.8 Å². The third-order valence-corrected chi connectivity index (χ3v) is 5.90. The van der Waals surface area contributed by atoms with Gasteiger partial charge >= 0.3 is 0 Å². The van der Waals surface area contributed by atoms with Crippen LogP contribution < -0.4 is 0 Å². The number of carbonyl (C=O) groups excluding carboxylic acids is 1. The highest BCUT2D eigenvalue weighted by atomic mass is 32.2. The van der Waals surface area contributed by atoms with Crippen LogP contribution in [0.2, 0.25) is 0 Å². The SMILES string of the molecule is Cc1ccc(S(=O)C23CC2CCC3=O)cc1. The molecule has 2 aliphatic carbocycles. The Morgan fingerprint density at radius 1 is 1.31 bits per heavy atom. The first kappa shape index (κ1) is 10.2. The summed E-state index contributed by atoms with van der Waals surface area (Å²) in [5, 5.41) is 0. The van der Waals surface area contributed by atoms with Crippen LogP contribution in [-0.2, 0) is 15.6 Å². The van der Waals surface area contributed by atoms with Gasteiger partial charge in [0.1, 0.15) is 4.75 Å². The maximum atomic E-state index is 12.4. The predicted octanol–water partition coefficient (Wildman–Crippen LogP) is 2.22. The number of rotatable bonds is 2. The van der Waals surface area contributed by atoms with E-state index in [9.17, 15) is 9.00 Å². The molecule has 84 valence electrons. The van der Waals surface area contributed by atoms with Crippen LogP contribution in [0.15, 0.2) is 29.2 Å². The summed E-state index contributed by atoms with van der Waals surface area (Å²) in [4.78, 5) is 12.6. The third-order valence-electron chi connectivity index (χ3n) is 3.81. The highest BCUT2D eigenvalue weighted by molar-refractivity contribution is 7.87. The number of aryl methyl sites for hydroxylation is 1. The molecule has 0 aromatic heterocycles. The van der Waals surface area contributed by atoms with Crippen molar-refractivity contribution in [2.75, 3.05) is 0 Å². The standard InChI is InChI=1S/C13H14O2S/c1-9-2-5-11(6-3-9)16(15)13-8-10(13)4-7-12(13)14/h2-3,5-6,10H,4,7-8H2,1H3. The predicted molar refractivity (Wildman–Crippen MR) is 62.7 cm³/mol. The highest BCUT2D eigenvalue weighted by Crippen LogP contribution is 2.58. The van der Waals surface area contributed by atoms with Gasteiger partial charge in [-0.1, -0.05) is 17.7 Å². The number of hydrogen-bond donors (Lipinski definition) is 0. The summed E-state index contributed by atoms with van der Waals surface area (Å²) >= 11 is 0. The molecule has 2 nitrogen and oxygen atoms in total. The quantitative estimate of drug-likeness (QED) is 0.786. The molecule has 3 unspecified atom stereocenters. The van der Waals surface area contributed by atoms with Crippen molar-refractivity contribution in [3.63, 3.8) is 0 Å². The Morgan fingerprint density at radius 2 is 2.00 bits per heavy atom. The zero-order valence-corrected chi connectivity index (χ0v) is 10.0. The molecule has 1 aromatic carbocycles. The van der Waals surface area contributed by atoms with Crippen molar-refractivity contribution in [2.45, 2.75) is 35.8 Å². The first-order valence-electron chi connectivity index (χ1n) is 5.66. The Labute approximate surface area is 97.5 Å². The second-order valence-corrected chi connectivity index (χ2v) is 6.57. The lowest BCUT2D eigenvalue weighted by Crippen LogP contribution is -2.26. The van der Waals surface area contributed by atoms with Gasteiger partial charge in [-0.2, -0.15) is 0 Å². The molecule has 3 heteroatoms. The molecule has 0 aliphatic heterocycles. The van der Waals surface area contributed by atoms with E-state index in [1.54, 1.807) is 0 Å². The Morgan fingerprint density at radius 3 is 2.50 bits per heavy atom. The van der Waals surface area contributed by atoms with Crippen LogP contribution in [0.5, 0.6) is 0 Å². The molecule has 0 amide bonds. The van der Waals surface area contributed by atoms with E-state index in [-0.39, 0.29) is 5.78 Å². The van der Waals surface area contributed by atoms with Crippen LogP contribution in [0.4, 0.5) is 0 Å². The molecular weight excluding hydrogens is 220 g/mol. The van der Waals surface area contributed by atoms with E-state index in [4.69, 9.17) is 0 Å². The fourth-order valence-electron chi connectivity index (χ4n) is 2.70. The molecule has 0 heterocycles. The summed E-state index contributed by atoms with van der Waals surface area (Å²) in [5.74, 6) is 0.610. The molecule has 0 bridgehead atoms. The largest absolute Gasteiger partial charge is 0.298 e. The van der Waals surface area contributed by atoms with Crippen molar-refractivity contribution in [1.82, 2.24) is 0 Å². The van der Waals surface area contributed by atoms with E-state index < -0.39 is 15.5 Å². The van der Waals surface area contributed by atoms with Gasteiger partial charge in [-0.25, -0.2) is 0 Å². The average molecular weight is 234 g/mol. The lowest BCUT2D eigenvalue weighted by atomic mass is 10.2. The third kappa shape index (κ3) is 1.24. The van der Waals surface area contributed by atoms with Crippen LogP contribution in [0, 0.1) is 12.8 Å². The molecule has 3 rings (SSSR count). The second kappa shape index (κ2) is 3.27. The molecule has 0 N–H and O–H groups in total. The number of carbonyl (C=O) groups is 1. The summed E-state index contributed by atoms with van der Waals surface area (Å²) in [7, 11) is -1.14.